The number of imide groups is 1. The predicted molar refractivity (Wildman–Crippen MR) is 134 cm³/mol. The van der Waals surface area contributed by atoms with Crippen LogP contribution in [0.15, 0.2) is 30.4 Å². The molecule has 1 aromatic carbocycles. The Morgan fingerprint density at radius 3 is 2.35 bits per heavy atom. The van der Waals surface area contributed by atoms with E-state index in [0.717, 1.165) is 4.90 Å². The smallest absolute Gasteiger partial charge is 0.407 e. The highest BCUT2D eigenvalue weighted by molar-refractivity contribution is 6.12. The molecule has 218 valence electrons. The van der Waals surface area contributed by atoms with Gasteiger partial charge in [0.2, 0.25) is 12.2 Å². The van der Waals surface area contributed by atoms with Crippen molar-refractivity contribution in [3.8, 4) is 5.75 Å². The summed E-state index contributed by atoms with van der Waals surface area (Å²) in [6, 6.07) is 4.28. The Kier molecular flexibility index (Phi) is 10.6. The maximum absolute atomic E-state index is 12.7. The molecule has 0 bridgehead atoms. The maximum atomic E-state index is 12.7. The molecule has 6 N–H and O–H groups in total. The molecule has 0 radical (unpaired) electrons. The molecule has 5 atom stereocenters. The number of alkyl carbamates (subject to hydrolysis) is 1. The number of aliphatic carboxylic acids is 1. The number of amides is 4. The third-order valence-electron chi connectivity index (χ3n) is 6.13. The average molecular weight is 566 g/mol. The lowest BCUT2D eigenvalue weighted by molar-refractivity contribution is -0.271. The van der Waals surface area contributed by atoms with E-state index in [-0.39, 0.29) is 42.8 Å². The molecule has 4 amide bonds. The Morgan fingerprint density at radius 1 is 1.00 bits per heavy atom. The fourth-order valence-electron chi connectivity index (χ4n) is 3.96. The van der Waals surface area contributed by atoms with Gasteiger partial charge in [0, 0.05) is 32.2 Å². The number of carbonyl (C=O) groups excluding carboxylic acids is 4. The molecule has 1 aromatic rings. The summed E-state index contributed by atoms with van der Waals surface area (Å²) in [6.45, 7) is 0.0689. The Hall–Kier alpha value is -4.05. The summed E-state index contributed by atoms with van der Waals surface area (Å²) in [7, 11) is 1.38. The van der Waals surface area contributed by atoms with E-state index in [9.17, 15) is 44.4 Å². The molecule has 2 aliphatic rings. The molecule has 40 heavy (non-hydrogen) atoms. The van der Waals surface area contributed by atoms with Crippen LogP contribution in [0.25, 0.3) is 0 Å². The number of aliphatic hydroxyl groups is 3. The van der Waals surface area contributed by atoms with Crippen LogP contribution >= 0.6 is 0 Å². The zero-order valence-electron chi connectivity index (χ0n) is 21.5. The van der Waals surface area contributed by atoms with Crippen molar-refractivity contribution in [1.29, 1.82) is 0 Å². The summed E-state index contributed by atoms with van der Waals surface area (Å²) < 4.78 is 15.8. The van der Waals surface area contributed by atoms with Crippen LogP contribution in [0.5, 0.6) is 5.75 Å². The fourth-order valence-corrected chi connectivity index (χ4v) is 3.96. The molecular weight excluding hydrogens is 534 g/mol. The van der Waals surface area contributed by atoms with Gasteiger partial charge in [-0.3, -0.25) is 19.3 Å². The van der Waals surface area contributed by atoms with Gasteiger partial charge < -0.3 is 45.3 Å². The van der Waals surface area contributed by atoms with Crippen LogP contribution in [-0.2, 0) is 35.3 Å². The van der Waals surface area contributed by atoms with Gasteiger partial charge in [0.25, 0.3) is 11.8 Å². The molecule has 1 fully saturated rings. The summed E-state index contributed by atoms with van der Waals surface area (Å²) in [6.07, 6.45) is -5.97. The van der Waals surface area contributed by atoms with Crippen molar-refractivity contribution < 1.29 is 58.6 Å². The van der Waals surface area contributed by atoms with E-state index >= 15 is 0 Å². The second kappa shape index (κ2) is 13.8. The number of nitrogens with zero attached hydrogens (tertiary/aromatic N) is 1. The molecule has 0 saturated carbocycles. The first kappa shape index (κ1) is 30.5. The fraction of sp³-hybridized carbons (Fsp3) is 0.480. The lowest BCUT2D eigenvalue weighted by Crippen LogP contribution is -2.61. The largest absolute Gasteiger partial charge is 0.479 e. The number of ether oxygens (including phenoxy) is 3. The summed E-state index contributed by atoms with van der Waals surface area (Å²) in [5.41, 5.74) is 0.523. The number of benzene rings is 1. The van der Waals surface area contributed by atoms with Crippen molar-refractivity contribution in [3.05, 3.63) is 35.9 Å². The van der Waals surface area contributed by atoms with Crippen molar-refractivity contribution in [2.45, 2.75) is 63.0 Å². The summed E-state index contributed by atoms with van der Waals surface area (Å²) in [5.74, 6) is -2.84. The number of rotatable bonds is 12. The number of anilines is 1. The first-order chi connectivity index (χ1) is 19.0. The number of nitrogens with one attached hydrogen (secondary N) is 2. The number of hydrogen-bond acceptors (Lipinski definition) is 11. The molecule has 1 unspecified atom stereocenters. The Balaban J connectivity index is 1.65. The number of carbonyl (C=O) groups is 5. The highest BCUT2D eigenvalue weighted by Crippen LogP contribution is 2.31. The highest BCUT2D eigenvalue weighted by Gasteiger charge is 2.48. The number of hydrogen-bond donors (Lipinski definition) is 6. The lowest BCUT2D eigenvalue weighted by Gasteiger charge is -2.38. The highest BCUT2D eigenvalue weighted by atomic mass is 16.7. The Labute approximate surface area is 228 Å². The third-order valence-corrected chi connectivity index (χ3v) is 6.13. The summed E-state index contributed by atoms with van der Waals surface area (Å²) >= 11 is 0. The van der Waals surface area contributed by atoms with E-state index in [1.54, 1.807) is 0 Å². The van der Waals surface area contributed by atoms with Crippen LogP contribution < -0.4 is 15.4 Å². The zero-order valence-corrected chi connectivity index (χ0v) is 21.5. The van der Waals surface area contributed by atoms with E-state index in [0.29, 0.717) is 24.8 Å². The van der Waals surface area contributed by atoms with Gasteiger partial charge in [-0.25, -0.2) is 9.59 Å². The van der Waals surface area contributed by atoms with Crippen molar-refractivity contribution in [2.75, 3.05) is 18.9 Å². The van der Waals surface area contributed by atoms with Gasteiger partial charge in [-0.1, -0.05) is 12.5 Å². The van der Waals surface area contributed by atoms with Crippen LogP contribution in [0.2, 0.25) is 0 Å². The quantitative estimate of drug-likeness (QED) is 0.136. The normalized spacial score (nSPS) is 24.1. The molecular formula is C25H31N3O12. The van der Waals surface area contributed by atoms with E-state index in [4.69, 9.17) is 14.2 Å². The van der Waals surface area contributed by atoms with Gasteiger partial charge in [0.15, 0.2) is 6.10 Å². The van der Waals surface area contributed by atoms with Crippen LogP contribution in [0, 0.1) is 0 Å². The van der Waals surface area contributed by atoms with Crippen LogP contribution in [0.4, 0.5) is 10.5 Å². The van der Waals surface area contributed by atoms with Crippen LogP contribution in [0.1, 0.15) is 31.2 Å². The van der Waals surface area contributed by atoms with Crippen molar-refractivity contribution in [2.24, 2.45) is 0 Å². The summed E-state index contributed by atoms with van der Waals surface area (Å²) in [5, 5.41) is 44.4. The van der Waals surface area contributed by atoms with Gasteiger partial charge in [-0.2, -0.15) is 0 Å². The number of carboxylic acid groups (broad SMARTS) is 1. The Bertz CT molecular complexity index is 1140. The Morgan fingerprint density at radius 2 is 1.70 bits per heavy atom. The average Bonchev–Trinajstić information content (AvgIpc) is 3.24. The minimum Gasteiger partial charge on any atom is -0.479 e. The molecule has 2 aliphatic heterocycles. The zero-order chi connectivity index (χ0) is 29.4. The number of unbranched alkanes of at least 4 members (excludes halogenated alkanes) is 2. The maximum Gasteiger partial charge on any atom is 0.407 e. The standard InChI is InChI=1S/C25H31N3O12/c1-26-25(37)38-12-13-6-7-15(39-24-21(34)19(32)20(33)22(40-24)23(35)36)14(11-13)27-16(29)5-3-2-4-10-28-17(30)8-9-18(28)31/h6-9,11,19-22,24,32-34H,2-5,10,12H2,1H3,(H,26,37)(H,27,29)(H,35,36)/t19-,20-,21?,22-,24+/m0/s1. The van der Waals surface area contributed by atoms with E-state index in [1.807, 2.05) is 0 Å². The van der Waals surface area contributed by atoms with Crippen LogP contribution in [-0.4, -0.2) is 99.4 Å². The van der Waals surface area contributed by atoms with E-state index in [1.165, 1.54) is 37.4 Å². The SMILES string of the molecule is CNC(=O)OCc1ccc(O[C@@H]2O[C@H](C(=O)O)[C@@H](O)[C@H](O)C2O)c(NC(=O)CCCCCN2C(=O)C=CC2=O)c1. The van der Waals surface area contributed by atoms with E-state index in [2.05, 4.69) is 10.6 Å². The van der Waals surface area contributed by atoms with Crippen molar-refractivity contribution >= 4 is 35.5 Å². The van der Waals surface area contributed by atoms with Gasteiger partial charge in [-0.05, 0) is 30.5 Å². The topological polar surface area (TPSA) is 221 Å². The number of carboxylic acids is 1. The van der Waals surface area contributed by atoms with Crippen molar-refractivity contribution in [3.63, 3.8) is 0 Å². The van der Waals surface area contributed by atoms with Gasteiger partial charge in [0.05, 0.1) is 5.69 Å². The van der Waals surface area contributed by atoms with Gasteiger partial charge in [0.1, 0.15) is 30.7 Å². The summed E-state index contributed by atoms with van der Waals surface area (Å²) in [4.78, 5) is 59.8. The van der Waals surface area contributed by atoms with Crippen LogP contribution in [0.3, 0.4) is 0 Å². The molecule has 3 rings (SSSR count). The third kappa shape index (κ3) is 7.75. The predicted octanol–water partition coefficient (Wildman–Crippen LogP) is -0.762. The lowest BCUT2D eigenvalue weighted by atomic mass is 9.99. The molecule has 15 nitrogen and oxygen atoms in total. The van der Waals surface area contributed by atoms with Gasteiger partial charge >= 0.3 is 12.1 Å². The second-order valence-corrected chi connectivity index (χ2v) is 9.03. The molecule has 0 aromatic heterocycles. The minimum absolute atomic E-state index is 0.0626. The van der Waals surface area contributed by atoms with Crippen molar-refractivity contribution in [1.82, 2.24) is 10.2 Å². The monoisotopic (exact) mass is 565 g/mol. The first-order valence-electron chi connectivity index (χ1n) is 12.4. The molecule has 0 spiro atoms. The minimum atomic E-state index is -1.91. The molecule has 2 heterocycles. The van der Waals surface area contributed by atoms with Gasteiger partial charge in [-0.15, -0.1) is 0 Å². The van der Waals surface area contributed by atoms with E-state index < -0.39 is 48.7 Å². The number of aliphatic hydroxyl groups excluding tert-OH is 3. The molecule has 1 saturated heterocycles. The molecule has 15 heteroatoms. The second-order valence-electron chi connectivity index (χ2n) is 9.03. The molecule has 0 aliphatic carbocycles. The first-order valence-corrected chi connectivity index (χ1v) is 12.4.